The van der Waals surface area contributed by atoms with E-state index in [1.165, 1.54) is 12.1 Å². The van der Waals surface area contributed by atoms with Gasteiger partial charge in [0.15, 0.2) is 0 Å². The van der Waals surface area contributed by atoms with Crippen LogP contribution in [-0.4, -0.2) is 21.0 Å². The summed E-state index contributed by atoms with van der Waals surface area (Å²) >= 11 is 0. The number of halogens is 1. The molecule has 17 heavy (non-hydrogen) atoms. The quantitative estimate of drug-likeness (QED) is 0.874. The van der Waals surface area contributed by atoms with E-state index in [0.717, 1.165) is 11.1 Å². The van der Waals surface area contributed by atoms with E-state index in [-0.39, 0.29) is 5.82 Å². The van der Waals surface area contributed by atoms with Crippen molar-refractivity contribution in [2.75, 3.05) is 0 Å². The normalized spacial score (nSPS) is 12.6. The lowest BCUT2D eigenvalue weighted by Gasteiger charge is -2.09. The Hall–Kier alpha value is -1.68. The highest BCUT2D eigenvalue weighted by Gasteiger charge is 2.08. The van der Waals surface area contributed by atoms with Crippen LogP contribution in [0.25, 0.3) is 0 Å². The molecule has 90 valence electrons. The number of aliphatic hydroxyl groups excluding tert-OH is 1. The molecule has 0 saturated heterocycles. The predicted molar refractivity (Wildman–Crippen MR) is 63.0 cm³/mol. The highest BCUT2D eigenvalue weighted by Crippen LogP contribution is 2.09. The number of aryl methyl sites for hydroxylation is 1. The number of hydrogen-bond acceptors (Lipinski definition) is 2. The Kier molecular flexibility index (Phi) is 3.54. The van der Waals surface area contributed by atoms with E-state index in [1.807, 2.05) is 13.2 Å². The molecular weight excluding hydrogens is 219 g/mol. The van der Waals surface area contributed by atoms with Gasteiger partial charge in [0.2, 0.25) is 0 Å². The maximum Gasteiger partial charge on any atom is 0.123 e. The van der Waals surface area contributed by atoms with E-state index >= 15 is 0 Å². The van der Waals surface area contributed by atoms with Gasteiger partial charge < -0.3 is 5.11 Å². The van der Waals surface area contributed by atoms with Gasteiger partial charge in [-0.25, -0.2) is 4.39 Å². The van der Waals surface area contributed by atoms with Gasteiger partial charge >= 0.3 is 0 Å². The van der Waals surface area contributed by atoms with Gasteiger partial charge in [-0.05, 0) is 29.7 Å². The Bertz CT molecular complexity index is 478. The van der Waals surface area contributed by atoms with Crippen molar-refractivity contribution in [1.29, 1.82) is 0 Å². The van der Waals surface area contributed by atoms with Crippen molar-refractivity contribution in [2.45, 2.75) is 18.9 Å². The average Bonchev–Trinajstić information content (AvgIpc) is 2.67. The van der Waals surface area contributed by atoms with Crippen molar-refractivity contribution in [1.82, 2.24) is 9.78 Å². The number of rotatable bonds is 4. The molecule has 1 aromatic carbocycles. The third-order valence-electron chi connectivity index (χ3n) is 2.61. The molecule has 2 aromatic rings. The van der Waals surface area contributed by atoms with Crippen LogP contribution >= 0.6 is 0 Å². The molecule has 0 aliphatic carbocycles. The fourth-order valence-electron chi connectivity index (χ4n) is 1.81. The van der Waals surface area contributed by atoms with Gasteiger partial charge in [0.25, 0.3) is 0 Å². The minimum Gasteiger partial charge on any atom is -0.392 e. The Morgan fingerprint density at radius 3 is 2.47 bits per heavy atom. The Balaban J connectivity index is 1.93. The summed E-state index contributed by atoms with van der Waals surface area (Å²) in [6.07, 6.45) is 4.24. The van der Waals surface area contributed by atoms with Crippen molar-refractivity contribution >= 4 is 0 Å². The van der Waals surface area contributed by atoms with Crippen molar-refractivity contribution < 1.29 is 9.50 Å². The molecule has 1 heterocycles. The van der Waals surface area contributed by atoms with E-state index < -0.39 is 6.10 Å². The summed E-state index contributed by atoms with van der Waals surface area (Å²) in [5, 5.41) is 13.9. The first-order valence-corrected chi connectivity index (χ1v) is 5.53. The zero-order valence-corrected chi connectivity index (χ0v) is 9.68. The highest BCUT2D eigenvalue weighted by atomic mass is 19.1. The van der Waals surface area contributed by atoms with Crippen LogP contribution in [0.3, 0.4) is 0 Å². The molecule has 1 aromatic heterocycles. The third kappa shape index (κ3) is 3.39. The fourth-order valence-corrected chi connectivity index (χ4v) is 1.81. The third-order valence-corrected chi connectivity index (χ3v) is 2.61. The first-order valence-electron chi connectivity index (χ1n) is 5.53. The van der Waals surface area contributed by atoms with Gasteiger partial charge in [0, 0.05) is 19.7 Å². The summed E-state index contributed by atoms with van der Waals surface area (Å²) in [6, 6.07) is 6.21. The lowest BCUT2D eigenvalue weighted by molar-refractivity contribution is 0.175. The van der Waals surface area contributed by atoms with E-state index in [4.69, 9.17) is 0 Å². The van der Waals surface area contributed by atoms with Crippen molar-refractivity contribution in [2.24, 2.45) is 7.05 Å². The molecule has 0 saturated carbocycles. The number of benzene rings is 1. The molecule has 1 N–H and O–H groups in total. The summed E-state index contributed by atoms with van der Waals surface area (Å²) in [6.45, 7) is 0. The van der Waals surface area contributed by atoms with Gasteiger partial charge in [-0.3, -0.25) is 4.68 Å². The highest BCUT2D eigenvalue weighted by molar-refractivity contribution is 5.17. The van der Waals surface area contributed by atoms with Crippen LogP contribution in [0.1, 0.15) is 11.1 Å². The zero-order valence-electron chi connectivity index (χ0n) is 9.68. The summed E-state index contributed by atoms with van der Waals surface area (Å²) in [5.41, 5.74) is 1.94. The summed E-state index contributed by atoms with van der Waals surface area (Å²) in [5.74, 6) is -0.254. The number of nitrogens with zero attached hydrogens (tertiary/aromatic N) is 2. The second-order valence-electron chi connectivity index (χ2n) is 4.21. The predicted octanol–water partition coefficient (Wildman–Crippen LogP) is 1.71. The van der Waals surface area contributed by atoms with Crippen LogP contribution in [0.2, 0.25) is 0 Å². The molecular formula is C13H15FN2O. The first-order chi connectivity index (χ1) is 8.13. The maximum atomic E-state index is 12.7. The molecule has 4 heteroatoms. The van der Waals surface area contributed by atoms with Crippen LogP contribution in [-0.2, 0) is 19.9 Å². The van der Waals surface area contributed by atoms with Gasteiger partial charge in [-0.1, -0.05) is 12.1 Å². The molecule has 0 fully saturated rings. The molecule has 0 aliphatic heterocycles. The van der Waals surface area contributed by atoms with Crippen molar-refractivity contribution in [3.05, 3.63) is 53.6 Å². The van der Waals surface area contributed by atoms with Gasteiger partial charge in [-0.15, -0.1) is 0 Å². The Morgan fingerprint density at radius 2 is 1.88 bits per heavy atom. The second kappa shape index (κ2) is 5.10. The molecule has 0 bridgehead atoms. The van der Waals surface area contributed by atoms with Crippen LogP contribution in [0.15, 0.2) is 36.7 Å². The Labute approximate surface area is 99.5 Å². The lowest BCUT2D eigenvalue weighted by atomic mass is 10.0. The van der Waals surface area contributed by atoms with Crippen molar-refractivity contribution in [3.8, 4) is 0 Å². The minimum atomic E-state index is -0.468. The maximum absolute atomic E-state index is 12.7. The smallest absolute Gasteiger partial charge is 0.123 e. The largest absolute Gasteiger partial charge is 0.392 e. The number of hydrogen-bond donors (Lipinski definition) is 1. The van der Waals surface area contributed by atoms with Crippen LogP contribution < -0.4 is 0 Å². The molecule has 0 radical (unpaired) electrons. The second-order valence-corrected chi connectivity index (χ2v) is 4.21. The fraction of sp³-hybridized carbons (Fsp3) is 0.308. The molecule has 0 aliphatic rings. The van der Waals surface area contributed by atoms with Gasteiger partial charge in [0.1, 0.15) is 5.82 Å². The van der Waals surface area contributed by atoms with Crippen LogP contribution in [0.5, 0.6) is 0 Å². The molecule has 0 amide bonds. The molecule has 0 spiro atoms. The standard InChI is InChI=1S/C13H15FN2O/c1-16-9-11(8-15-16)7-13(17)6-10-2-4-12(14)5-3-10/h2-5,8-9,13,17H,6-7H2,1H3. The van der Waals surface area contributed by atoms with Gasteiger partial charge in [0.05, 0.1) is 12.3 Å². The zero-order chi connectivity index (χ0) is 12.3. The first kappa shape index (κ1) is 11.8. The SMILES string of the molecule is Cn1cc(CC(O)Cc2ccc(F)cc2)cn1. The van der Waals surface area contributed by atoms with E-state index in [0.29, 0.717) is 12.8 Å². The number of aliphatic hydroxyl groups is 1. The molecule has 1 atom stereocenters. The average molecular weight is 234 g/mol. The summed E-state index contributed by atoms with van der Waals surface area (Å²) in [7, 11) is 1.84. The minimum absolute atomic E-state index is 0.254. The van der Waals surface area contributed by atoms with Crippen molar-refractivity contribution in [3.63, 3.8) is 0 Å². The lowest BCUT2D eigenvalue weighted by Crippen LogP contribution is -2.13. The van der Waals surface area contributed by atoms with Crippen LogP contribution in [0, 0.1) is 5.82 Å². The monoisotopic (exact) mass is 234 g/mol. The van der Waals surface area contributed by atoms with Crippen LogP contribution in [0.4, 0.5) is 4.39 Å². The van der Waals surface area contributed by atoms with E-state index in [2.05, 4.69) is 5.10 Å². The molecule has 3 nitrogen and oxygen atoms in total. The molecule has 1 unspecified atom stereocenters. The summed E-state index contributed by atoms with van der Waals surface area (Å²) in [4.78, 5) is 0. The Morgan fingerprint density at radius 1 is 1.24 bits per heavy atom. The van der Waals surface area contributed by atoms with E-state index in [1.54, 1.807) is 23.0 Å². The van der Waals surface area contributed by atoms with Gasteiger partial charge in [-0.2, -0.15) is 5.10 Å². The number of aromatic nitrogens is 2. The topological polar surface area (TPSA) is 38.0 Å². The van der Waals surface area contributed by atoms with E-state index in [9.17, 15) is 9.50 Å². The summed E-state index contributed by atoms with van der Waals surface area (Å²) < 4.78 is 14.4. The molecule has 2 rings (SSSR count).